The van der Waals surface area contributed by atoms with Crippen molar-refractivity contribution in [1.29, 1.82) is 0 Å². The Balaban J connectivity index is 4.37. The van der Waals surface area contributed by atoms with Crippen molar-refractivity contribution in [2.45, 2.75) is 19.4 Å². The maximum atomic E-state index is 11.6. The molecule has 0 saturated heterocycles. The summed E-state index contributed by atoms with van der Waals surface area (Å²) in [6.45, 7) is 5.64. The topological polar surface area (TPSA) is 89.9 Å². The lowest BCUT2D eigenvalue weighted by Crippen LogP contribution is -2.49. The first-order valence-electron chi connectivity index (χ1n) is 5.06. The maximum absolute atomic E-state index is 11.6. The largest absolute Gasteiger partial charge is 0.480 e. The van der Waals surface area contributed by atoms with E-state index in [1.54, 1.807) is 6.08 Å². The van der Waals surface area contributed by atoms with E-state index in [2.05, 4.69) is 11.9 Å². The number of rotatable bonds is 7. The molecule has 0 saturated carbocycles. The van der Waals surface area contributed by atoms with E-state index in [1.807, 2.05) is 6.92 Å². The van der Waals surface area contributed by atoms with Crippen molar-refractivity contribution < 1.29 is 19.8 Å². The van der Waals surface area contributed by atoms with Crippen LogP contribution < -0.4 is 5.32 Å². The van der Waals surface area contributed by atoms with Gasteiger partial charge in [0.2, 0.25) is 0 Å². The van der Waals surface area contributed by atoms with Gasteiger partial charge in [0.1, 0.15) is 0 Å². The summed E-state index contributed by atoms with van der Waals surface area (Å²) in [7, 11) is 0. The number of aliphatic carboxylic acids is 1. The van der Waals surface area contributed by atoms with Crippen molar-refractivity contribution in [1.82, 2.24) is 10.2 Å². The third-order valence-electron chi connectivity index (χ3n) is 1.91. The van der Waals surface area contributed by atoms with Gasteiger partial charge < -0.3 is 20.4 Å². The smallest absolute Gasteiger partial charge is 0.328 e. The van der Waals surface area contributed by atoms with Gasteiger partial charge in [-0.3, -0.25) is 0 Å². The molecule has 0 rings (SSSR count). The second-order valence-corrected chi connectivity index (χ2v) is 3.26. The second kappa shape index (κ2) is 7.70. The van der Waals surface area contributed by atoms with Gasteiger partial charge in [0.05, 0.1) is 6.61 Å². The number of amides is 2. The molecule has 0 bridgehead atoms. The van der Waals surface area contributed by atoms with Crippen LogP contribution in [0.3, 0.4) is 0 Å². The molecule has 92 valence electrons. The van der Waals surface area contributed by atoms with Crippen LogP contribution in [0.2, 0.25) is 0 Å². The molecule has 0 aromatic heterocycles. The van der Waals surface area contributed by atoms with E-state index in [0.717, 1.165) is 6.42 Å². The Morgan fingerprint density at radius 2 is 2.19 bits per heavy atom. The molecule has 0 aromatic carbocycles. The van der Waals surface area contributed by atoms with E-state index >= 15 is 0 Å². The molecule has 0 fully saturated rings. The van der Waals surface area contributed by atoms with Gasteiger partial charge in [0.25, 0.3) is 0 Å². The third kappa shape index (κ3) is 4.79. The lowest BCUT2D eigenvalue weighted by atomic mass is 10.3. The van der Waals surface area contributed by atoms with Gasteiger partial charge in [-0.2, -0.15) is 0 Å². The molecule has 0 aliphatic rings. The van der Waals surface area contributed by atoms with Gasteiger partial charge in [-0.05, 0) is 6.42 Å². The van der Waals surface area contributed by atoms with Crippen LogP contribution in [0.5, 0.6) is 0 Å². The number of carbonyl (C=O) groups is 2. The van der Waals surface area contributed by atoms with Crippen LogP contribution in [0.25, 0.3) is 0 Å². The van der Waals surface area contributed by atoms with Crippen LogP contribution in [0.15, 0.2) is 12.7 Å². The molecular weight excluding hydrogens is 212 g/mol. The maximum Gasteiger partial charge on any atom is 0.328 e. The average molecular weight is 230 g/mol. The highest BCUT2D eigenvalue weighted by atomic mass is 16.4. The van der Waals surface area contributed by atoms with E-state index in [0.29, 0.717) is 13.1 Å². The number of aliphatic hydroxyl groups excluding tert-OH is 1. The van der Waals surface area contributed by atoms with Gasteiger partial charge >= 0.3 is 12.0 Å². The van der Waals surface area contributed by atoms with E-state index in [1.165, 1.54) is 4.90 Å². The summed E-state index contributed by atoms with van der Waals surface area (Å²) in [5.41, 5.74) is 0. The molecule has 0 radical (unpaired) electrons. The third-order valence-corrected chi connectivity index (χ3v) is 1.91. The van der Waals surface area contributed by atoms with Crippen LogP contribution in [0.1, 0.15) is 13.3 Å². The van der Waals surface area contributed by atoms with Gasteiger partial charge in [-0.1, -0.05) is 13.0 Å². The predicted octanol–water partition coefficient (Wildman–Crippen LogP) is 0.0395. The van der Waals surface area contributed by atoms with Gasteiger partial charge in [0.15, 0.2) is 6.04 Å². The van der Waals surface area contributed by atoms with Crippen molar-refractivity contribution in [3.05, 3.63) is 12.7 Å². The highest BCUT2D eigenvalue weighted by Gasteiger charge is 2.21. The fourth-order valence-electron chi connectivity index (χ4n) is 1.13. The van der Waals surface area contributed by atoms with Crippen LogP contribution in [-0.2, 0) is 4.79 Å². The highest BCUT2D eigenvalue weighted by Crippen LogP contribution is 1.95. The first kappa shape index (κ1) is 14.4. The molecule has 0 aromatic rings. The summed E-state index contributed by atoms with van der Waals surface area (Å²) in [4.78, 5) is 23.6. The van der Waals surface area contributed by atoms with Crippen LogP contribution in [0, 0.1) is 0 Å². The zero-order chi connectivity index (χ0) is 12.6. The van der Waals surface area contributed by atoms with Crippen LogP contribution >= 0.6 is 0 Å². The minimum atomic E-state index is -1.27. The molecule has 3 N–H and O–H groups in total. The number of urea groups is 1. The van der Waals surface area contributed by atoms with Gasteiger partial charge in [-0.25, -0.2) is 9.59 Å². The fourth-order valence-corrected chi connectivity index (χ4v) is 1.13. The molecular formula is C10H18N2O4. The zero-order valence-electron chi connectivity index (χ0n) is 9.35. The Bertz CT molecular complexity index is 255. The Kier molecular flexibility index (Phi) is 6.95. The summed E-state index contributed by atoms with van der Waals surface area (Å²) >= 11 is 0. The summed E-state index contributed by atoms with van der Waals surface area (Å²) < 4.78 is 0. The van der Waals surface area contributed by atoms with Crippen molar-refractivity contribution in [2.24, 2.45) is 0 Å². The van der Waals surface area contributed by atoms with Gasteiger partial charge in [-0.15, -0.1) is 6.58 Å². The molecule has 16 heavy (non-hydrogen) atoms. The quantitative estimate of drug-likeness (QED) is 0.539. The van der Waals surface area contributed by atoms with Gasteiger partial charge in [0, 0.05) is 13.1 Å². The molecule has 0 aliphatic carbocycles. The summed E-state index contributed by atoms with van der Waals surface area (Å²) in [5.74, 6) is -1.26. The molecule has 6 nitrogen and oxygen atoms in total. The Labute approximate surface area is 94.6 Å². The Hall–Kier alpha value is -1.56. The minimum Gasteiger partial charge on any atom is -0.480 e. The van der Waals surface area contributed by atoms with Crippen molar-refractivity contribution in [2.75, 3.05) is 19.7 Å². The predicted molar refractivity (Wildman–Crippen MR) is 59.1 cm³/mol. The Morgan fingerprint density at radius 3 is 2.56 bits per heavy atom. The number of carboxylic acids is 1. The second-order valence-electron chi connectivity index (χ2n) is 3.26. The average Bonchev–Trinajstić information content (AvgIpc) is 2.24. The first-order valence-corrected chi connectivity index (χ1v) is 5.06. The molecule has 0 aliphatic heterocycles. The summed E-state index contributed by atoms with van der Waals surface area (Å²) in [6.07, 6.45) is 2.32. The number of hydrogen-bond acceptors (Lipinski definition) is 3. The molecule has 0 spiro atoms. The normalized spacial score (nSPS) is 11.6. The molecule has 0 heterocycles. The number of nitrogens with zero attached hydrogens (tertiary/aromatic N) is 1. The van der Waals surface area contributed by atoms with E-state index in [4.69, 9.17) is 10.2 Å². The molecule has 6 heteroatoms. The molecule has 0 unspecified atom stereocenters. The summed E-state index contributed by atoms with van der Waals surface area (Å²) in [6, 6.07) is -1.78. The van der Waals surface area contributed by atoms with Crippen LogP contribution in [-0.4, -0.2) is 52.9 Å². The van der Waals surface area contributed by atoms with Crippen LogP contribution in [0.4, 0.5) is 4.79 Å². The number of carboxylic acid groups (broad SMARTS) is 1. The minimum absolute atomic E-state index is 0.345. The van der Waals surface area contributed by atoms with Crippen molar-refractivity contribution in [3.8, 4) is 0 Å². The lowest BCUT2D eigenvalue weighted by Gasteiger charge is -2.22. The zero-order valence-corrected chi connectivity index (χ0v) is 9.35. The fraction of sp³-hybridized carbons (Fsp3) is 0.600. The van der Waals surface area contributed by atoms with E-state index in [-0.39, 0.29) is 0 Å². The summed E-state index contributed by atoms with van der Waals surface area (Å²) in [5, 5.41) is 19.6. The number of carbonyl (C=O) groups excluding carboxylic acids is 1. The van der Waals surface area contributed by atoms with Crippen molar-refractivity contribution in [3.63, 3.8) is 0 Å². The van der Waals surface area contributed by atoms with E-state index in [9.17, 15) is 9.59 Å². The standard InChI is InChI=1S/C10H18N2O4/c1-3-5-12(6-4-2)10(16)11-8(7-13)9(14)15/h3,8,13H,1,4-7H2,2H3,(H,11,16)(H,14,15)/t8-/m0/s1. The monoisotopic (exact) mass is 230 g/mol. The highest BCUT2D eigenvalue weighted by molar-refractivity contribution is 5.82. The SMILES string of the molecule is C=CCN(CCC)C(=O)N[C@@H](CO)C(=O)O. The first-order chi connectivity index (χ1) is 7.56. The lowest BCUT2D eigenvalue weighted by molar-refractivity contribution is -0.140. The molecule has 2 amide bonds. The number of aliphatic hydroxyl groups is 1. The Morgan fingerprint density at radius 1 is 1.56 bits per heavy atom. The molecule has 1 atom stereocenters. The van der Waals surface area contributed by atoms with E-state index < -0.39 is 24.6 Å². The number of hydrogen-bond donors (Lipinski definition) is 3. The number of nitrogens with one attached hydrogen (secondary N) is 1. The van der Waals surface area contributed by atoms with Crippen molar-refractivity contribution >= 4 is 12.0 Å².